The minimum absolute atomic E-state index is 0.123. The summed E-state index contributed by atoms with van der Waals surface area (Å²) in [5, 5.41) is 3.06. The van der Waals surface area contributed by atoms with Crippen LogP contribution in [0.4, 0.5) is 16.3 Å². The minimum Gasteiger partial charge on any atom is -0.368 e. The van der Waals surface area contributed by atoms with Crippen molar-refractivity contribution in [3.05, 3.63) is 41.5 Å². The van der Waals surface area contributed by atoms with Crippen molar-refractivity contribution in [3.8, 4) is 0 Å². The van der Waals surface area contributed by atoms with Crippen LogP contribution in [0.2, 0.25) is 0 Å². The predicted molar refractivity (Wildman–Crippen MR) is 67.4 cm³/mol. The van der Waals surface area contributed by atoms with Gasteiger partial charge in [0.2, 0.25) is 11.9 Å². The quantitative estimate of drug-likeness (QED) is 0.868. The Morgan fingerprint density at radius 1 is 1.28 bits per heavy atom. The molecule has 0 aliphatic rings. The number of nitrogens with two attached hydrogens (primary N) is 1. The summed E-state index contributed by atoms with van der Waals surface area (Å²) in [6, 6.07) is 6.24. The Morgan fingerprint density at radius 3 is 2.72 bits per heavy atom. The Morgan fingerprint density at radius 2 is 2.06 bits per heavy atom. The highest BCUT2D eigenvalue weighted by molar-refractivity contribution is 5.35. The number of nitrogen functional groups attached to an aromatic ring is 1. The average Bonchev–Trinajstić information content (AvgIpc) is 2.27. The molecule has 2 rings (SSSR count). The molecule has 3 N–H and O–H groups in total. The Bertz CT molecular complexity index is 538. The van der Waals surface area contributed by atoms with Crippen LogP contribution >= 0.6 is 0 Å². The van der Waals surface area contributed by atoms with Crippen LogP contribution < -0.4 is 11.1 Å². The number of hydrogen-bond acceptors (Lipinski definition) is 5. The first-order chi connectivity index (χ1) is 8.54. The topological polar surface area (TPSA) is 76.7 Å². The van der Waals surface area contributed by atoms with Gasteiger partial charge < -0.3 is 11.1 Å². The molecule has 18 heavy (non-hydrogen) atoms. The van der Waals surface area contributed by atoms with E-state index >= 15 is 0 Å². The van der Waals surface area contributed by atoms with Gasteiger partial charge >= 0.3 is 0 Å². The van der Waals surface area contributed by atoms with Gasteiger partial charge in [-0.3, -0.25) is 0 Å². The first-order valence-corrected chi connectivity index (χ1v) is 5.55. The molecule has 2 aromatic rings. The van der Waals surface area contributed by atoms with E-state index in [1.165, 1.54) is 12.1 Å². The Hall–Kier alpha value is -2.24. The van der Waals surface area contributed by atoms with E-state index in [9.17, 15) is 4.39 Å². The van der Waals surface area contributed by atoms with Gasteiger partial charge in [-0.25, -0.2) is 4.39 Å². The first-order valence-electron chi connectivity index (χ1n) is 5.55. The molecule has 0 spiro atoms. The number of nitrogens with one attached hydrogen (secondary N) is 1. The molecule has 0 radical (unpaired) electrons. The van der Waals surface area contributed by atoms with Crippen molar-refractivity contribution in [2.45, 2.75) is 19.9 Å². The molecule has 1 atom stereocenters. The van der Waals surface area contributed by atoms with E-state index in [0.717, 1.165) is 5.56 Å². The highest BCUT2D eigenvalue weighted by Gasteiger charge is 2.09. The van der Waals surface area contributed by atoms with E-state index in [-0.39, 0.29) is 17.8 Å². The molecule has 0 aliphatic heterocycles. The van der Waals surface area contributed by atoms with Crippen LogP contribution in [0, 0.1) is 12.7 Å². The summed E-state index contributed by atoms with van der Waals surface area (Å²) >= 11 is 0. The Kier molecular flexibility index (Phi) is 3.36. The molecule has 1 heterocycles. The normalized spacial score (nSPS) is 12.2. The lowest BCUT2D eigenvalue weighted by atomic mass is 10.1. The van der Waals surface area contributed by atoms with E-state index in [1.807, 2.05) is 13.0 Å². The van der Waals surface area contributed by atoms with Gasteiger partial charge in [0, 0.05) is 0 Å². The standard InChI is InChI=1S/C12H14FN5/c1-7(9-4-3-5-10(13)6-9)15-12-17-8(2)16-11(14)18-12/h3-7H,1-2H3,(H3,14,15,16,17,18). The van der Waals surface area contributed by atoms with Gasteiger partial charge in [0.05, 0.1) is 6.04 Å². The zero-order valence-corrected chi connectivity index (χ0v) is 10.2. The van der Waals surface area contributed by atoms with Crippen molar-refractivity contribution in [2.24, 2.45) is 0 Å². The monoisotopic (exact) mass is 247 g/mol. The largest absolute Gasteiger partial charge is 0.368 e. The maximum atomic E-state index is 13.1. The third kappa shape index (κ3) is 2.91. The van der Waals surface area contributed by atoms with Crippen LogP contribution in [0.5, 0.6) is 0 Å². The molecule has 0 amide bonds. The average molecular weight is 247 g/mol. The van der Waals surface area contributed by atoms with Gasteiger partial charge in [0.1, 0.15) is 11.6 Å². The molecule has 1 unspecified atom stereocenters. The van der Waals surface area contributed by atoms with Crippen LogP contribution in [-0.2, 0) is 0 Å². The highest BCUT2D eigenvalue weighted by atomic mass is 19.1. The number of anilines is 2. The van der Waals surface area contributed by atoms with Crippen molar-refractivity contribution in [2.75, 3.05) is 11.1 Å². The fourth-order valence-corrected chi connectivity index (χ4v) is 1.62. The summed E-state index contributed by atoms with van der Waals surface area (Å²) in [6.07, 6.45) is 0. The minimum atomic E-state index is -0.271. The second kappa shape index (κ2) is 4.95. The van der Waals surface area contributed by atoms with Gasteiger partial charge in [-0.2, -0.15) is 15.0 Å². The SMILES string of the molecule is Cc1nc(N)nc(NC(C)c2cccc(F)c2)n1. The lowest BCUT2D eigenvalue weighted by Gasteiger charge is -2.14. The van der Waals surface area contributed by atoms with Crippen LogP contribution in [0.3, 0.4) is 0 Å². The summed E-state index contributed by atoms with van der Waals surface area (Å²) in [5.74, 6) is 0.817. The summed E-state index contributed by atoms with van der Waals surface area (Å²) in [7, 11) is 0. The third-order valence-corrected chi connectivity index (χ3v) is 2.46. The summed E-state index contributed by atoms with van der Waals surface area (Å²) in [6.45, 7) is 3.63. The number of rotatable bonds is 3. The molecule has 0 bridgehead atoms. The molecular weight excluding hydrogens is 233 g/mol. The van der Waals surface area contributed by atoms with E-state index in [2.05, 4.69) is 20.3 Å². The predicted octanol–water partition coefficient (Wildman–Crippen LogP) is 2.07. The highest BCUT2D eigenvalue weighted by Crippen LogP contribution is 2.17. The maximum absolute atomic E-state index is 13.1. The van der Waals surface area contributed by atoms with Gasteiger partial charge in [-0.1, -0.05) is 12.1 Å². The Balaban J connectivity index is 2.18. The van der Waals surface area contributed by atoms with Crippen LogP contribution in [0.25, 0.3) is 0 Å². The van der Waals surface area contributed by atoms with Crippen molar-refractivity contribution < 1.29 is 4.39 Å². The summed E-state index contributed by atoms with van der Waals surface area (Å²) in [5.41, 5.74) is 6.35. The fraction of sp³-hybridized carbons (Fsp3) is 0.250. The molecule has 1 aromatic carbocycles. The molecule has 94 valence electrons. The number of benzene rings is 1. The lowest BCUT2D eigenvalue weighted by Crippen LogP contribution is -2.12. The zero-order valence-electron chi connectivity index (χ0n) is 10.2. The lowest BCUT2D eigenvalue weighted by molar-refractivity contribution is 0.623. The van der Waals surface area contributed by atoms with E-state index in [1.54, 1.807) is 13.0 Å². The van der Waals surface area contributed by atoms with Crippen molar-refractivity contribution in [1.82, 2.24) is 15.0 Å². The van der Waals surface area contributed by atoms with Crippen LogP contribution in [0.1, 0.15) is 24.4 Å². The van der Waals surface area contributed by atoms with E-state index < -0.39 is 0 Å². The third-order valence-electron chi connectivity index (χ3n) is 2.46. The van der Waals surface area contributed by atoms with Crippen LogP contribution in [0.15, 0.2) is 24.3 Å². The molecule has 1 aromatic heterocycles. The van der Waals surface area contributed by atoms with Gasteiger partial charge in [-0.15, -0.1) is 0 Å². The Labute approximate surface area is 104 Å². The smallest absolute Gasteiger partial charge is 0.228 e. The number of halogens is 1. The number of aromatic nitrogens is 3. The number of hydrogen-bond donors (Lipinski definition) is 2. The molecule has 6 heteroatoms. The van der Waals surface area contributed by atoms with Gasteiger partial charge in [0.15, 0.2) is 0 Å². The number of nitrogens with zero attached hydrogens (tertiary/aromatic N) is 3. The molecule has 0 saturated carbocycles. The van der Waals surface area contributed by atoms with E-state index in [4.69, 9.17) is 5.73 Å². The molecule has 0 fully saturated rings. The molecule has 0 aliphatic carbocycles. The van der Waals surface area contributed by atoms with Gasteiger partial charge in [-0.05, 0) is 31.5 Å². The first kappa shape index (κ1) is 12.2. The van der Waals surface area contributed by atoms with Crippen molar-refractivity contribution in [3.63, 3.8) is 0 Å². The second-order valence-corrected chi connectivity index (χ2v) is 3.99. The van der Waals surface area contributed by atoms with E-state index in [0.29, 0.717) is 11.8 Å². The maximum Gasteiger partial charge on any atom is 0.228 e. The van der Waals surface area contributed by atoms with Crippen LogP contribution in [-0.4, -0.2) is 15.0 Å². The summed E-state index contributed by atoms with van der Waals surface area (Å²) < 4.78 is 13.1. The zero-order chi connectivity index (χ0) is 13.1. The fourth-order valence-electron chi connectivity index (χ4n) is 1.62. The number of aryl methyl sites for hydroxylation is 1. The second-order valence-electron chi connectivity index (χ2n) is 3.99. The molecular formula is C12H14FN5. The van der Waals surface area contributed by atoms with Crippen molar-refractivity contribution in [1.29, 1.82) is 0 Å². The molecule has 0 saturated heterocycles. The van der Waals surface area contributed by atoms with Crippen molar-refractivity contribution >= 4 is 11.9 Å². The van der Waals surface area contributed by atoms with Gasteiger partial charge in [0.25, 0.3) is 0 Å². The molecule has 5 nitrogen and oxygen atoms in total. The summed E-state index contributed by atoms with van der Waals surface area (Å²) in [4.78, 5) is 12.0.